The van der Waals surface area contributed by atoms with E-state index in [0.29, 0.717) is 11.3 Å². The van der Waals surface area contributed by atoms with Crippen LogP contribution in [0.5, 0.6) is 5.75 Å². The van der Waals surface area contributed by atoms with Gasteiger partial charge in [-0.25, -0.2) is 4.39 Å². The summed E-state index contributed by atoms with van der Waals surface area (Å²) >= 11 is 0. The Hall–Kier alpha value is -0.840. The fourth-order valence-corrected chi connectivity index (χ4v) is 2.74. The lowest BCUT2D eigenvalue weighted by molar-refractivity contribution is 0.0835. The number of methoxy groups -OCH3 is 1. The van der Waals surface area contributed by atoms with Gasteiger partial charge in [0.25, 0.3) is 0 Å². The van der Waals surface area contributed by atoms with Crippen molar-refractivity contribution in [3.8, 4) is 5.75 Å². The fourth-order valence-electron chi connectivity index (χ4n) is 2.74. The van der Waals surface area contributed by atoms with Crippen LogP contribution < -0.4 is 10.5 Å². The molecule has 5 heteroatoms. The smallest absolute Gasteiger partial charge is 0.126 e. The second-order valence-corrected chi connectivity index (χ2v) is 4.95. The molecular formula is C14H21ClFNO2. The van der Waals surface area contributed by atoms with E-state index in [-0.39, 0.29) is 24.1 Å². The summed E-state index contributed by atoms with van der Waals surface area (Å²) in [5.74, 6) is 0.285. The lowest BCUT2D eigenvalue weighted by Crippen LogP contribution is -2.32. The van der Waals surface area contributed by atoms with Crippen LogP contribution in [0.1, 0.15) is 37.3 Å². The van der Waals surface area contributed by atoms with Crippen molar-refractivity contribution in [3.63, 3.8) is 0 Å². The predicted octanol–water partition coefficient (Wildman–Crippen LogP) is 2.81. The Bertz CT molecular complexity index is 410. The Morgan fingerprint density at radius 1 is 1.37 bits per heavy atom. The maximum atomic E-state index is 13.1. The van der Waals surface area contributed by atoms with Crippen LogP contribution >= 0.6 is 12.4 Å². The summed E-state index contributed by atoms with van der Waals surface area (Å²) in [6.07, 6.45) is 3.73. The van der Waals surface area contributed by atoms with Gasteiger partial charge >= 0.3 is 0 Å². The maximum absolute atomic E-state index is 13.1. The molecule has 1 saturated carbocycles. The number of benzene rings is 1. The molecule has 0 unspecified atom stereocenters. The topological polar surface area (TPSA) is 55.5 Å². The predicted molar refractivity (Wildman–Crippen MR) is 75.1 cm³/mol. The summed E-state index contributed by atoms with van der Waals surface area (Å²) in [4.78, 5) is 0. The van der Waals surface area contributed by atoms with Crippen LogP contribution in [0, 0.1) is 11.7 Å². The van der Waals surface area contributed by atoms with Gasteiger partial charge < -0.3 is 15.6 Å². The first-order valence-electron chi connectivity index (χ1n) is 6.40. The molecule has 1 aliphatic rings. The van der Waals surface area contributed by atoms with Crippen LogP contribution in [0.3, 0.4) is 0 Å². The first-order chi connectivity index (χ1) is 8.63. The molecule has 3 nitrogen and oxygen atoms in total. The molecule has 0 saturated heterocycles. The molecule has 0 aliphatic heterocycles. The highest BCUT2D eigenvalue weighted by Crippen LogP contribution is 2.35. The molecule has 0 heterocycles. The van der Waals surface area contributed by atoms with Crippen molar-refractivity contribution in [2.45, 2.75) is 37.8 Å². The average Bonchev–Trinajstić information content (AvgIpc) is 2.90. The van der Waals surface area contributed by atoms with Crippen molar-refractivity contribution in [1.82, 2.24) is 0 Å². The van der Waals surface area contributed by atoms with Crippen molar-refractivity contribution in [1.29, 1.82) is 0 Å². The zero-order chi connectivity index (χ0) is 13.1. The molecule has 0 radical (unpaired) electrons. The molecule has 108 valence electrons. The van der Waals surface area contributed by atoms with Gasteiger partial charge in [0.1, 0.15) is 11.6 Å². The molecule has 0 aromatic heterocycles. The number of halogens is 2. The molecule has 3 N–H and O–H groups in total. The number of nitrogens with two attached hydrogens (primary N) is 1. The van der Waals surface area contributed by atoms with Gasteiger partial charge in [-0.15, -0.1) is 12.4 Å². The van der Waals surface area contributed by atoms with Gasteiger partial charge in [0.15, 0.2) is 0 Å². The summed E-state index contributed by atoms with van der Waals surface area (Å²) < 4.78 is 18.2. The number of rotatable bonds is 4. The number of hydrogen-bond donors (Lipinski definition) is 2. The summed E-state index contributed by atoms with van der Waals surface area (Å²) in [7, 11) is 1.48. The minimum atomic E-state index is -0.591. The normalized spacial score (nSPS) is 18.7. The highest BCUT2D eigenvalue weighted by molar-refractivity contribution is 5.85. The van der Waals surface area contributed by atoms with E-state index < -0.39 is 12.1 Å². The third-order valence-electron chi connectivity index (χ3n) is 3.81. The Balaban J connectivity index is 0.00000180. The summed E-state index contributed by atoms with van der Waals surface area (Å²) in [6.45, 7) is 0. The first-order valence-corrected chi connectivity index (χ1v) is 6.40. The van der Waals surface area contributed by atoms with Crippen molar-refractivity contribution >= 4 is 12.4 Å². The van der Waals surface area contributed by atoms with Crippen LogP contribution in [0.25, 0.3) is 0 Å². The lowest BCUT2D eigenvalue weighted by atomic mass is 9.90. The second-order valence-electron chi connectivity index (χ2n) is 4.95. The summed E-state index contributed by atoms with van der Waals surface area (Å²) in [5, 5.41) is 10.3. The first kappa shape index (κ1) is 16.2. The monoisotopic (exact) mass is 289 g/mol. The fraction of sp³-hybridized carbons (Fsp3) is 0.571. The van der Waals surface area contributed by atoms with Crippen molar-refractivity contribution in [2.24, 2.45) is 11.7 Å². The van der Waals surface area contributed by atoms with E-state index in [4.69, 9.17) is 10.5 Å². The van der Waals surface area contributed by atoms with Crippen LogP contribution in [0.4, 0.5) is 4.39 Å². The van der Waals surface area contributed by atoms with E-state index in [2.05, 4.69) is 0 Å². The standard InChI is InChI=1S/C14H20FNO2.ClH/c1-18-12-8-10(15)6-7-11(12)13(16)14(17)9-4-2-3-5-9;/h6-9,13-14,17H,2-5,16H2,1H3;1H/t13-,14+;/m1./s1. The Labute approximate surface area is 119 Å². The van der Waals surface area contributed by atoms with Crippen molar-refractivity contribution in [3.05, 3.63) is 29.6 Å². The van der Waals surface area contributed by atoms with Gasteiger partial charge in [-0.05, 0) is 24.8 Å². The molecule has 2 rings (SSSR count). The Kier molecular flexibility index (Phi) is 6.04. The highest BCUT2D eigenvalue weighted by Gasteiger charge is 2.30. The second kappa shape index (κ2) is 7.08. The Morgan fingerprint density at radius 3 is 2.58 bits per heavy atom. The minimum Gasteiger partial charge on any atom is -0.496 e. The molecule has 19 heavy (non-hydrogen) atoms. The molecule has 1 aromatic carbocycles. The quantitative estimate of drug-likeness (QED) is 0.896. The Morgan fingerprint density at radius 2 is 2.00 bits per heavy atom. The van der Waals surface area contributed by atoms with E-state index >= 15 is 0 Å². The molecule has 0 spiro atoms. The van der Waals surface area contributed by atoms with Gasteiger partial charge in [-0.1, -0.05) is 18.9 Å². The molecule has 1 fully saturated rings. The molecule has 1 aromatic rings. The van der Waals surface area contributed by atoms with E-state index in [0.717, 1.165) is 25.7 Å². The molecule has 0 bridgehead atoms. The summed E-state index contributed by atoms with van der Waals surface area (Å²) in [6, 6.07) is 3.72. The van der Waals surface area contributed by atoms with E-state index in [1.807, 2.05) is 0 Å². The van der Waals surface area contributed by atoms with Gasteiger partial charge in [-0.2, -0.15) is 0 Å². The van der Waals surface area contributed by atoms with Crippen LogP contribution in [-0.2, 0) is 0 Å². The third-order valence-corrected chi connectivity index (χ3v) is 3.81. The maximum Gasteiger partial charge on any atom is 0.126 e. The molecule has 2 atom stereocenters. The minimum absolute atomic E-state index is 0. The van der Waals surface area contributed by atoms with Gasteiger partial charge in [-0.3, -0.25) is 0 Å². The number of aliphatic hydroxyl groups excluding tert-OH is 1. The number of hydrogen-bond acceptors (Lipinski definition) is 3. The van der Waals surface area contributed by atoms with Gasteiger partial charge in [0.2, 0.25) is 0 Å². The van der Waals surface area contributed by atoms with Crippen molar-refractivity contribution < 1.29 is 14.2 Å². The molecule has 1 aliphatic carbocycles. The number of aliphatic hydroxyl groups is 1. The number of ether oxygens (including phenoxy) is 1. The van der Waals surface area contributed by atoms with E-state index in [9.17, 15) is 9.50 Å². The zero-order valence-electron chi connectivity index (χ0n) is 11.0. The average molecular weight is 290 g/mol. The SMILES string of the molecule is COc1cc(F)ccc1[C@@H](N)[C@@H](O)C1CCCC1.Cl. The van der Waals surface area contributed by atoms with E-state index in [1.54, 1.807) is 6.07 Å². The highest BCUT2D eigenvalue weighted by atomic mass is 35.5. The van der Waals surface area contributed by atoms with Crippen LogP contribution in [0.15, 0.2) is 18.2 Å². The summed E-state index contributed by atoms with van der Waals surface area (Å²) in [5.41, 5.74) is 6.76. The van der Waals surface area contributed by atoms with Gasteiger partial charge in [0, 0.05) is 11.6 Å². The van der Waals surface area contributed by atoms with Gasteiger partial charge in [0.05, 0.1) is 19.3 Å². The zero-order valence-corrected chi connectivity index (χ0v) is 11.8. The van der Waals surface area contributed by atoms with Crippen LogP contribution in [0.2, 0.25) is 0 Å². The van der Waals surface area contributed by atoms with E-state index in [1.165, 1.54) is 19.2 Å². The van der Waals surface area contributed by atoms with Crippen molar-refractivity contribution in [2.75, 3.05) is 7.11 Å². The third kappa shape index (κ3) is 3.59. The van der Waals surface area contributed by atoms with Crippen LogP contribution in [-0.4, -0.2) is 18.3 Å². The largest absolute Gasteiger partial charge is 0.496 e. The molecule has 0 amide bonds. The lowest BCUT2D eigenvalue weighted by Gasteiger charge is -2.25. The molecular weight excluding hydrogens is 269 g/mol.